The molecule has 132 valence electrons. The van der Waals surface area contributed by atoms with Gasteiger partial charge in [-0.05, 0) is 37.3 Å². The molecule has 26 heavy (non-hydrogen) atoms. The van der Waals surface area contributed by atoms with E-state index in [2.05, 4.69) is 20.6 Å². The predicted molar refractivity (Wildman–Crippen MR) is 97.6 cm³/mol. The van der Waals surface area contributed by atoms with Gasteiger partial charge in [-0.25, -0.2) is 4.98 Å². The number of anilines is 2. The second kappa shape index (κ2) is 7.60. The SMILES string of the molecule is CC(=O)Nc1cccc(NC(=O)Cc2nc(-c3cccnc3)oc2C)c1. The van der Waals surface area contributed by atoms with Crippen LogP contribution in [-0.2, 0) is 16.0 Å². The first-order valence-corrected chi connectivity index (χ1v) is 8.05. The fraction of sp³-hybridized carbons (Fsp3) is 0.158. The maximum atomic E-state index is 12.3. The molecular weight excluding hydrogens is 332 g/mol. The summed E-state index contributed by atoms with van der Waals surface area (Å²) < 4.78 is 5.64. The van der Waals surface area contributed by atoms with Crippen LogP contribution in [0.25, 0.3) is 11.5 Å². The maximum Gasteiger partial charge on any atom is 0.230 e. The van der Waals surface area contributed by atoms with E-state index in [0.29, 0.717) is 28.7 Å². The number of pyridine rings is 1. The van der Waals surface area contributed by atoms with E-state index in [1.807, 2.05) is 6.07 Å². The van der Waals surface area contributed by atoms with E-state index in [1.165, 1.54) is 6.92 Å². The molecule has 7 nitrogen and oxygen atoms in total. The average molecular weight is 350 g/mol. The largest absolute Gasteiger partial charge is 0.441 e. The average Bonchev–Trinajstić information content (AvgIpc) is 2.96. The number of hydrogen-bond acceptors (Lipinski definition) is 5. The van der Waals surface area contributed by atoms with Crippen molar-refractivity contribution in [1.29, 1.82) is 0 Å². The number of carbonyl (C=O) groups is 2. The number of carbonyl (C=O) groups excluding carboxylic acids is 2. The molecule has 0 saturated heterocycles. The highest BCUT2D eigenvalue weighted by molar-refractivity contribution is 5.94. The first-order chi connectivity index (χ1) is 12.5. The van der Waals surface area contributed by atoms with E-state index >= 15 is 0 Å². The van der Waals surface area contributed by atoms with Crippen LogP contribution in [0.1, 0.15) is 18.4 Å². The van der Waals surface area contributed by atoms with Gasteiger partial charge in [0, 0.05) is 30.7 Å². The third kappa shape index (κ3) is 4.32. The number of oxazole rings is 1. The third-order valence-corrected chi connectivity index (χ3v) is 3.60. The van der Waals surface area contributed by atoms with Crippen LogP contribution in [-0.4, -0.2) is 21.8 Å². The normalized spacial score (nSPS) is 10.4. The lowest BCUT2D eigenvalue weighted by atomic mass is 10.2. The minimum atomic E-state index is -0.223. The van der Waals surface area contributed by atoms with Gasteiger partial charge in [0.1, 0.15) is 5.76 Å². The minimum Gasteiger partial charge on any atom is -0.441 e. The highest BCUT2D eigenvalue weighted by atomic mass is 16.4. The van der Waals surface area contributed by atoms with E-state index in [9.17, 15) is 9.59 Å². The zero-order valence-electron chi connectivity index (χ0n) is 14.4. The van der Waals surface area contributed by atoms with Gasteiger partial charge in [0.25, 0.3) is 0 Å². The van der Waals surface area contributed by atoms with Crippen LogP contribution in [0.4, 0.5) is 11.4 Å². The van der Waals surface area contributed by atoms with Gasteiger partial charge in [-0.15, -0.1) is 0 Å². The van der Waals surface area contributed by atoms with Gasteiger partial charge in [0.05, 0.1) is 17.7 Å². The monoisotopic (exact) mass is 350 g/mol. The Kier molecular flexibility index (Phi) is 5.07. The summed E-state index contributed by atoms with van der Waals surface area (Å²) in [7, 11) is 0. The summed E-state index contributed by atoms with van der Waals surface area (Å²) in [6, 6.07) is 10.6. The number of aromatic nitrogens is 2. The van der Waals surface area contributed by atoms with Gasteiger partial charge >= 0.3 is 0 Å². The number of hydrogen-bond donors (Lipinski definition) is 2. The lowest BCUT2D eigenvalue weighted by molar-refractivity contribution is -0.116. The fourth-order valence-corrected chi connectivity index (χ4v) is 2.44. The summed E-state index contributed by atoms with van der Waals surface area (Å²) in [4.78, 5) is 31.9. The quantitative estimate of drug-likeness (QED) is 0.736. The van der Waals surface area contributed by atoms with E-state index in [0.717, 1.165) is 5.56 Å². The Labute approximate surface area is 150 Å². The second-order valence-corrected chi connectivity index (χ2v) is 5.75. The van der Waals surface area contributed by atoms with Crippen molar-refractivity contribution in [3.05, 3.63) is 60.2 Å². The van der Waals surface area contributed by atoms with Gasteiger partial charge in [-0.3, -0.25) is 14.6 Å². The number of aryl methyl sites for hydroxylation is 1. The van der Waals surface area contributed by atoms with Crippen molar-refractivity contribution in [1.82, 2.24) is 9.97 Å². The highest BCUT2D eigenvalue weighted by Crippen LogP contribution is 2.21. The van der Waals surface area contributed by atoms with Gasteiger partial charge in [0.15, 0.2) is 0 Å². The van der Waals surface area contributed by atoms with E-state index in [-0.39, 0.29) is 18.2 Å². The zero-order valence-corrected chi connectivity index (χ0v) is 14.4. The molecule has 0 spiro atoms. The fourth-order valence-electron chi connectivity index (χ4n) is 2.44. The molecule has 0 aliphatic heterocycles. The molecule has 2 aromatic heterocycles. The summed E-state index contributed by atoms with van der Waals surface area (Å²) in [6.45, 7) is 3.20. The molecule has 0 fully saturated rings. The summed E-state index contributed by atoms with van der Waals surface area (Å²) in [5, 5.41) is 5.47. The Morgan fingerprint density at radius 3 is 2.58 bits per heavy atom. The lowest BCUT2D eigenvalue weighted by Crippen LogP contribution is -2.15. The molecular formula is C19H18N4O3. The molecule has 0 aliphatic rings. The van der Waals surface area contributed by atoms with Gasteiger partial charge in [-0.1, -0.05) is 6.07 Å². The molecule has 0 saturated carbocycles. The number of benzene rings is 1. The molecule has 2 heterocycles. The first-order valence-electron chi connectivity index (χ1n) is 8.05. The molecule has 0 radical (unpaired) electrons. The molecule has 7 heteroatoms. The van der Waals surface area contributed by atoms with Gasteiger partial charge in [-0.2, -0.15) is 0 Å². The zero-order chi connectivity index (χ0) is 18.5. The van der Waals surface area contributed by atoms with Crippen LogP contribution in [0.5, 0.6) is 0 Å². The van der Waals surface area contributed by atoms with E-state index in [4.69, 9.17) is 4.42 Å². The molecule has 0 bridgehead atoms. The molecule has 0 atom stereocenters. The Morgan fingerprint density at radius 2 is 1.88 bits per heavy atom. The van der Waals surface area contributed by atoms with Crippen molar-refractivity contribution in [3.63, 3.8) is 0 Å². The number of nitrogens with zero attached hydrogens (tertiary/aromatic N) is 2. The van der Waals surface area contributed by atoms with Crippen molar-refractivity contribution >= 4 is 23.2 Å². The number of nitrogens with one attached hydrogen (secondary N) is 2. The predicted octanol–water partition coefficient (Wildman–Crippen LogP) is 3.18. The smallest absolute Gasteiger partial charge is 0.230 e. The Morgan fingerprint density at radius 1 is 1.12 bits per heavy atom. The molecule has 2 amide bonds. The summed E-state index contributed by atoms with van der Waals surface area (Å²) in [5.41, 5.74) is 2.53. The van der Waals surface area contributed by atoms with Crippen molar-refractivity contribution in [3.8, 4) is 11.5 Å². The number of rotatable bonds is 5. The molecule has 2 N–H and O–H groups in total. The van der Waals surface area contributed by atoms with Crippen molar-refractivity contribution < 1.29 is 14.0 Å². The molecule has 3 rings (SSSR count). The molecule has 3 aromatic rings. The Bertz CT molecular complexity index is 935. The second-order valence-electron chi connectivity index (χ2n) is 5.75. The minimum absolute atomic E-state index is 0.0833. The lowest BCUT2D eigenvalue weighted by Gasteiger charge is -2.07. The maximum absolute atomic E-state index is 12.3. The van der Waals surface area contributed by atoms with Crippen molar-refractivity contribution in [2.75, 3.05) is 10.6 Å². The standard InChI is InChI=1S/C19H18N4O3/c1-12-17(23-19(26-12)14-5-4-8-20-11-14)10-18(25)22-16-7-3-6-15(9-16)21-13(2)24/h3-9,11H,10H2,1-2H3,(H,21,24)(H,22,25). The summed E-state index contributed by atoms with van der Waals surface area (Å²) in [5.74, 6) is 0.630. The molecule has 0 unspecified atom stereocenters. The molecule has 1 aromatic carbocycles. The van der Waals surface area contributed by atoms with E-state index in [1.54, 1.807) is 49.6 Å². The van der Waals surface area contributed by atoms with E-state index < -0.39 is 0 Å². The Balaban J connectivity index is 1.69. The Hall–Kier alpha value is -3.48. The van der Waals surface area contributed by atoms with Crippen LogP contribution in [0, 0.1) is 6.92 Å². The number of amides is 2. The van der Waals surface area contributed by atoms with Crippen LogP contribution in [0.3, 0.4) is 0 Å². The van der Waals surface area contributed by atoms with Crippen LogP contribution >= 0.6 is 0 Å². The first kappa shape index (κ1) is 17.3. The molecule has 0 aliphatic carbocycles. The summed E-state index contributed by atoms with van der Waals surface area (Å²) in [6.07, 6.45) is 3.41. The third-order valence-electron chi connectivity index (χ3n) is 3.60. The van der Waals surface area contributed by atoms with Crippen molar-refractivity contribution in [2.24, 2.45) is 0 Å². The van der Waals surface area contributed by atoms with Crippen LogP contribution in [0.2, 0.25) is 0 Å². The topological polar surface area (TPSA) is 97.1 Å². The van der Waals surface area contributed by atoms with Crippen molar-refractivity contribution in [2.45, 2.75) is 20.3 Å². The van der Waals surface area contributed by atoms with Crippen LogP contribution < -0.4 is 10.6 Å². The summed E-state index contributed by atoms with van der Waals surface area (Å²) >= 11 is 0. The van der Waals surface area contributed by atoms with Gasteiger partial charge < -0.3 is 15.1 Å². The van der Waals surface area contributed by atoms with Crippen LogP contribution in [0.15, 0.2) is 53.2 Å². The van der Waals surface area contributed by atoms with Gasteiger partial charge in [0.2, 0.25) is 17.7 Å². The highest BCUT2D eigenvalue weighted by Gasteiger charge is 2.15.